The smallest absolute Gasteiger partial charge is 0.243 e. The molecule has 1 heterocycles. The van der Waals surface area contributed by atoms with Gasteiger partial charge in [0.05, 0.1) is 0 Å². The van der Waals surface area contributed by atoms with Crippen LogP contribution in [0, 0.1) is 11.8 Å². The van der Waals surface area contributed by atoms with Crippen molar-refractivity contribution in [3.05, 3.63) is 0 Å². The third kappa shape index (κ3) is 5.47. The van der Waals surface area contributed by atoms with Crippen LogP contribution in [0.5, 0.6) is 0 Å². The van der Waals surface area contributed by atoms with Crippen LogP contribution in [0.1, 0.15) is 65.7 Å². The Balaban J connectivity index is 1.84. The van der Waals surface area contributed by atoms with Crippen molar-refractivity contribution in [1.29, 1.82) is 0 Å². The first-order valence-corrected chi connectivity index (χ1v) is 9.84. The fraction of sp³-hybridized carbons (Fsp3) is 0.895. The predicted octanol–water partition coefficient (Wildman–Crippen LogP) is 2.31. The minimum atomic E-state index is -0.413. The van der Waals surface area contributed by atoms with Crippen LogP contribution in [0.3, 0.4) is 0 Å². The van der Waals surface area contributed by atoms with Crippen LogP contribution in [0.4, 0.5) is 0 Å². The van der Waals surface area contributed by atoms with E-state index in [1.165, 1.54) is 6.42 Å². The van der Waals surface area contributed by atoms with Crippen LogP contribution < -0.4 is 10.6 Å². The highest BCUT2D eigenvalue weighted by Crippen LogP contribution is 2.24. The lowest BCUT2D eigenvalue weighted by atomic mass is 9.88. The molecule has 138 valence electrons. The Morgan fingerprint density at radius 2 is 1.67 bits per heavy atom. The van der Waals surface area contributed by atoms with Crippen LogP contribution in [-0.4, -0.2) is 48.4 Å². The van der Waals surface area contributed by atoms with E-state index in [2.05, 4.69) is 22.5 Å². The van der Waals surface area contributed by atoms with Gasteiger partial charge in [0.2, 0.25) is 11.8 Å². The Bertz CT molecular complexity index is 411. The summed E-state index contributed by atoms with van der Waals surface area (Å²) in [6.07, 6.45) is 7.43. The molecule has 1 aliphatic carbocycles. The Morgan fingerprint density at radius 1 is 1.04 bits per heavy atom. The summed E-state index contributed by atoms with van der Waals surface area (Å²) >= 11 is 0. The molecule has 0 aromatic rings. The second kappa shape index (κ2) is 9.40. The quantitative estimate of drug-likeness (QED) is 0.782. The van der Waals surface area contributed by atoms with E-state index in [9.17, 15) is 9.59 Å². The molecule has 2 N–H and O–H groups in total. The lowest BCUT2D eigenvalue weighted by Gasteiger charge is -2.33. The van der Waals surface area contributed by atoms with Gasteiger partial charge in [-0.1, -0.05) is 40.0 Å². The van der Waals surface area contributed by atoms with E-state index in [-0.39, 0.29) is 29.7 Å². The van der Waals surface area contributed by atoms with Gasteiger partial charge in [-0.05, 0) is 38.1 Å². The minimum Gasteiger partial charge on any atom is -0.351 e. The zero-order chi connectivity index (χ0) is 17.5. The largest absolute Gasteiger partial charge is 0.351 e. The molecular formula is C19H35N3O2. The number of amides is 2. The molecule has 0 bridgehead atoms. The van der Waals surface area contributed by atoms with Crippen LogP contribution in [0.25, 0.3) is 0 Å². The average Bonchev–Trinajstić information content (AvgIpc) is 2.60. The normalized spacial score (nSPS) is 22.3. The first kappa shape index (κ1) is 19.2. The standard InChI is InChI=1S/C19H35N3O2/c1-4-22-12-10-16(11-13-22)20-19(24)17(14(2)3)21-18(23)15-8-6-5-7-9-15/h14-17H,4-13H2,1-3H3,(H,20,24)(H,21,23)/t17-/m1/s1. The van der Waals surface area contributed by atoms with Gasteiger partial charge in [-0.2, -0.15) is 0 Å². The molecule has 2 fully saturated rings. The zero-order valence-electron chi connectivity index (χ0n) is 15.6. The number of piperidine rings is 1. The number of hydrogen-bond acceptors (Lipinski definition) is 3. The first-order chi connectivity index (χ1) is 11.5. The van der Waals surface area contributed by atoms with E-state index in [0.29, 0.717) is 0 Å². The fourth-order valence-corrected chi connectivity index (χ4v) is 3.86. The summed E-state index contributed by atoms with van der Waals surface area (Å²) in [5, 5.41) is 6.21. The van der Waals surface area contributed by atoms with Gasteiger partial charge in [0, 0.05) is 25.0 Å². The second-order valence-corrected chi connectivity index (χ2v) is 7.78. The van der Waals surface area contributed by atoms with Gasteiger partial charge in [-0.3, -0.25) is 9.59 Å². The highest BCUT2D eigenvalue weighted by molar-refractivity contribution is 5.88. The maximum atomic E-state index is 12.7. The Morgan fingerprint density at radius 3 is 2.21 bits per heavy atom. The van der Waals surface area contributed by atoms with Crippen LogP contribution in [-0.2, 0) is 9.59 Å². The van der Waals surface area contributed by atoms with Gasteiger partial charge < -0.3 is 15.5 Å². The molecule has 24 heavy (non-hydrogen) atoms. The monoisotopic (exact) mass is 337 g/mol. The van der Waals surface area contributed by atoms with Crippen molar-refractivity contribution >= 4 is 11.8 Å². The molecule has 5 nitrogen and oxygen atoms in total. The van der Waals surface area contributed by atoms with Crippen molar-refractivity contribution < 1.29 is 9.59 Å². The Labute approximate surface area is 146 Å². The topological polar surface area (TPSA) is 61.4 Å². The molecule has 1 aliphatic heterocycles. The van der Waals surface area contributed by atoms with E-state index in [1.54, 1.807) is 0 Å². The van der Waals surface area contributed by atoms with Gasteiger partial charge >= 0.3 is 0 Å². The summed E-state index contributed by atoms with van der Waals surface area (Å²) in [5.74, 6) is 0.266. The fourth-order valence-electron chi connectivity index (χ4n) is 3.86. The van der Waals surface area contributed by atoms with E-state index in [4.69, 9.17) is 0 Å². The molecule has 0 unspecified atom stereocenters. The van der Waals surface area contributed by atoms with Gasteiger partial charge in [0.25, 0.3) is 0 Å². The molecule has 5 heteroatoms. The summed E-state index contributed by atoms with van der Waals surface area (Å²) in [5.41, 5.74) is 0. The summed E-state index contributed by atoms with van der Waals surface area (Å²) < 4.78 is 0. The molecule has 0 spiro atoms. The molecule has 0 radical (unpaired) electrons. The molecule has 2 aliphatic rings. The van der Waals surface area contributed by atoms with Crippen molar-refractivity contribution in [2.24, 2.45) is 11.8 Å². The van der Waals surface area contributed by atoms with Gasteiger partial charge in [-0.15, -0.1) is 0 Å². The van der Waals surface area contributed by atoms with Crippen molar-refractivity contribution in [3.63, 3.8) is 0 Å². The number of nitrogens with one attached hydrogen (secondary N) is 2. The second-order valence-electron chi connectivity index (χ2n) is 7.78. The van der Waals surface area contributed by atoms with E-state index < -0.39 is 6.04 Å². The van der Waals surface area contributed by atoms with E-state index in [1.807, 2.05) is 13.8 Å². The number of rotatable bonds is 6. The van der Waals surface area contributed by atoms with Crippen LogP contribution in [0.15, 0.2) is 0 Å². The lowest BCUT2D eigenvalue weighted by molar-refractivity contribution is -0.133. The molecule has 0 aromatic carbocycles. The SMILES string of the molecule is CCN1CCC(NC(=O)[C@H](NC(=O)C2CCCCC2)C(C)C)CC1. The molecule has 1 atom stereocenters. The zero-order valence-corrected chi connectivity index (χ0v) is 15.6. The number of hydrogen-bond donors (Lipinski definition) is 2. The predicted molar refractivity (Wildman–Crippen MR) is 96.6 cm³/mol. The van der Waals surface area contributed by atoms with Gasteiger partial charge in [-0.25, -0.2) is 0 Å². The minimum absolute atomic E-state index is 0.0101. The number of carbonyl (C=O) groups is 2. The molecule has 2 amide bonds. The van der Waals surface area contributed by atoms with Crippen molar-refractivity contribution in [3.8, 4) is 0 Å². The molecule has 1 saturated heterocycles. The summed E-state index contributed by atoms with van der Waals surface area (Å²) in [6.45, 7) is 9.35. The van der Waals surface area contributed by atoms with Gasteiger partial charge in [0.15, 0.2) is 0 Å². The van der Waals surface area contributed by atoms with Crippen molar-refractivity contribution in [1.82, 2.24) is 15.5 Å². The molecule has 1 saturated carbocycles. The van der Waals surface area contributed by atoms with Crippen molar-refractivity contribution in [2.75, 3.05) is 19.6 Å². The maximum Gasteiger partial charge on any atom is 0.243 e. The molecule has 2 rings (SSSR count). The molecule has 0 aromatic heterocycles. The lowest BCUT2D eigenvalue weighted by Crippen LogP contribution is -2.54. The van der Waals surface area contributed by atoms with Crippen LogP contribution >= 0.6 is 0 Å². The number of likely N-dealkylation sites (tertiary alicyclic amines) is 1. The van der Waals surface area contributed by atoms with E-state index in [0.717, 1.165) is 58.2 Å². The Kier molecular flexibility index (Phi) is 7.53. The van der Waals surface area contributed by atoms with Crippen molar-refractivity contribution in [2.45, 2.75) is 77.8 Å². The summed E-state index contributed by atoms with van der Waals surface area (Å²) in [4.78, 5) is 27.6. The number of nitrogens with zero attached hydrogens (tertiary/aromatic N) is 1. The average molecular weight is 338 g/mol. The maximum absolute atomic E-state index is 12.7. The Hall–Kier alpha value is -1.10. The number of carbonyl (C=O) groups excluding carboxylic acids is 2. The van der Waals surface area contributed by atoms with Crippen LogP contribution in [0.2, 0.25) is 0 Å². The first-order valence-electron chi connectivity index (χ1n) is 9.84. The van der Waals surface area contributed by atoms with E-state index >= 15 is 0 Å². The summed E-state index contributed by atoms with van der Waals surface area (Å²) in [7, 11) is 0. The third-order valence-corrected chi connectivity index (χ3v) is 5.60. The highest BCUT2D eigenvalue weighted by Gasteiger charge is 2.30. The highest BCUT2D eigenvalue weighted by atomic mass is 16.2. The van der Waals surface area contributed by atoms with Gasteiger partial charge in [0.1, 0.15) is 6.04 Å². The molecular weight excluding hydrogens is 302 g/mol. The third-order valence-electron chi connectivity index (χ3n) is 5.60. The summed E-state index contributed by atoms with van der Waals surface area (Å²) in [6, 6.07) is -0.170.